The van der Waals surface area contributed by atoms with Gasteiger partial charge in [-0.15, -0.1) is 5.10 Å². The van der Waals surface area contributed by atoms with Crippen molar-refractivity contribution in [3.63, 3.8) is 0 Å². The lowest BCUT2D eigenvalue weighted by molar-refractivity contribution is 0.354. The summed E-state index contributed by atoms with van der Waals surface area (Å²) in [6, 6.07) is 6.91. The number of aryl methyl sites for hydroxylation is 1. The van der Waals surface area contributed by atoms with Gasteiger partial charge in [0.2, 0.25) is 10.0 Å². The fourth-order valence-electron chi connectivity index (χ4n) is 2.84. The summed E-state index contributed by atoms with van der Waals surface area (Å²) >= 11 is 0. The van der Waals surface area contributed by atoms with E-state index in [-0.39, 0.29) is 4.90 Å². The predicted molar refractivity (Wildman–Crippen MR) is 101 cm³/mol. The second kappa shape index (κ2) is 9.14. The molecule has 0 unspecified atom stereocenters. The maximum atomic E-state index is 12.7. The summed E-state index contributed by atoms with van der Waals surface area (Å²) < 4.78 is 34.9. The highest BCUT2D eigenvalue weighted by molar-refractivity contribution is 7.89. The van der Waals surface area contributed by atoms with Gasteiger partial charge in [-0.1, -0.05) is 37.0 Å². The molecule has 0 saturated carbocycles. The van der Waals surface area contributed by atoms with Gasteiger partial charge in [0.25, 0.3) is 0 Å². The van der Waals surface area contributed by atoms with Crippen molar-refractivity contribution < 1.29 is 13.2 Å². The Kier molecular flexibility index (Phi) is 7.16. The fraction of sp³-hybridized carbons (Fsp3) is 0.556. The average molecular weight is 381 g/mol. The summed E-state index contributed by atoms with van der Waals surface area (Å²) in [5, 5.41) is 7.98. The number of nitrogens with zero attached hydrogens (tertiary/aromatic N) is 3. The molecular formula is C18H28N4O3S. The Bertz CT molecular complexity index is 800. The molecule has 2 rings (SSSR count). The van der Waals surface area contributed by atoms with Crippen LogP contribution in [0.3, 0.4) is 0 Å². The molecule has 144 valence electrons. The second-order valence-corrected chi connectivity index (χ2v) is 7.95. The van der Waals surface area contributed by atoms with E-state index >= 15 is 0 Å². The minimum atomic E-state index is -3.64. The number of sulfonamides is 1. The molecule has 0 spiro atoms. The molecular weight excluding hydrogens is 352 g/mol. The first-order valence-corrected chi connectivity index (χ1v) is 10.5. The van der Waals surface area contributed by atoms with Gasteiger partial charge in [0, 0.05) is 6.54 Å². The van der Waals surface area contributed by atoms with E-state index in [0.717, 1.165) is 18.4 Å². The molecule has 0 saturated heterocycles. The minimum Gasteiger partial charge on any atom is -0.467 e. The van der Waals surface area contributed by atoms with E-state index in [1.165, 1.54) is 20.0 Å². The number of aromatic nitrogens is 3. The molecule has 1 aromatic heterocycles. The van der Waals surface area contributed by atoms with Gasteiger partial charge in [-0.05, 0) is 44.4 Å². The molecule has 8 heteroatoms. The van der Waals surface area contributed by atoms with E-state index in [1.807, 2.05) is 19.1 Å². The van der Waals surface area contributed by atoms with Gasteiger partial charge in [-0.25, -0.2) is 13.1 Å². The zero-order valence-electron chi connectivity index (χ0n) is 15.9. The minimum absolute atomic E-state index is 0.248. The molecule has 1 heterocycles. The van der Waals surface area contributed by atoms with Crippen LogP contribution in [0.25, 0.3) is 0 Å². The van der Waals surface area contributed by atoms with Crippen molar-refractivity contribution in [1.29, 1.82) is 0 Å². The zero-order chi connectivity index (χ0) is 19.2. The SMILES string of the molecule is CCCCCc1ccc(S(=O)(=O)N[C@H](C)c2nnc(OC)n2CC)cc1. The van der Waals surface area contributed by atoms with Gasteiger partial charge in [0.1, 0.15) is 0 Å². The Hall–Kier alpha value is -1.93. The molecule has 0 aliphatic carbocycles. The van der Waals surface area contributed by atoms with Gasteiger partial charge in [0.15, 0.2) is 5.82 Å². The first-order valence-electron chi connectivity index (χ1n) is 9.01. The Morgan fingerprint density at radius 2 is 1.85 bits per heavy atom. The molecule has 0 bridgehead atoms. The summed E-state index contributed by atoms with van der Waals surface area (Å²) in [5.74, 6) is 0.518. The lowest BCUT2D eigenvalue weighted by Crippen LogP contribution is -2.29. The Morgan fingerprint density at radius 3 is 2.42 bits per heavy atom. The second-order valence-electron chi connectivity index (χ2n) is 6.23. The lowest BCUT2D eigenvalue weighted by atomic mass is 10.1. The van der Waals surface area contributed by atoms with E-state index in [2.05, 4.69) is 21.8 Å². The van der Waals surface area contributed by atoms with Crippen LogP contribution in [0.15, 0.2) is 29.2 Å². The number of hydrogen-bond donors (Lipinski definition) is 1. The van der Waals surface area contributed by atoms with Crippen molar-refractivity contribution in [2.75, 3.05) is 7.11 Å². The summed E-state index contributed by atoms with van der Waals surface area (Å²) in [6.07, 6.45) is 4.44. The van der Waals surface area contributed by atoms with Crippen LogP contribution in [0.5, 0.6) is 6.01 Å². The smallest absolute Gasteiger partial charge is 0.316 e. The molecule has 0 aliphatic heterocycles. The summed E-state index contributed by atoms with van der Waals surface area (Å²) in [4.78, 5) is 0.248. The molecule has 7 nitrogen and oxygen atoms in total. The van der Waals surface area contributed by atoms with E-state index in [1.54, 1.807) is 23.6 Å². The number of rotatable bonds is 10. The predicted octanol–water partition coefficient (Wildman–Crippen LogP) is 3.08. The summed E-state index contributed by atoms with van der Waals surface area (Å²) in [7, 11) is -2.13. The number of hydrogen-bond acceptors (Lipinski definition) is 5. The van der Waals surface area contributed by atoms with Crippen molar-refractivity contribution in [2.24, 2.45) is 0 Å². The highest BCUT2D eigenvalue weighted by Crippen LogP contribution is 2.20. The van der Waals surface area contributed by atoms with E-state index in [0.29, 0.717) is 18.4 Å². The first kappa shape index (κ1) is 20.4. The van der Waals surface area contributed by atoms with Crippen molar-refractivity contribution in [1.82, 2.24) is 19.5 Å². The highest BCUT2D eigenvalue weighted by Gasteiger charge is 2.23. The largest absolute Gasteiger partial charge is 0.467 e. The number of unbranched alkanes of at least 4 members (excludes halogenated alkanes) is 2. The monoisotopic (exact) mass is 380 g/mol. The topological polar surface area (TPSA) is 86.1 Å². The molecule has 1 N–H and O–H groups in total. The van der Waals surface area contributed by atoms with Crippen LogP contribution in [0.2, 0.25) is 0 Å². The van der Waals surface area contributed by atoms with Crippen LogP contribution < -0.4 is 9.46 Å². The van der Waals surface area contributed by atoms with E-state index < -0.39 is 16.1 Å². The average Bonchev–Trinajstić information content (AvgIpc) is 3.05. The molecule has 1 aromatic carbocycles. The van der Waals surface area contributed by atoms with Crippen molar-refractivity contribution in [2.45, 2.75) is 63.9 Å². The van der Waals surface area contributed by atoms with E-state index in [9.17, 15) is 8.42 Å². The third kappa shape index (κ3) is 4.82. The van der Waals surface area contributed by atoms with Crippen molar-refractivity contribution >= 4 is 10.0 Å². The normalized spacial score (nSPS) is 12.9. The third-order valence-corrected chi connectivity index (χ3v) is 5.82. The van der Waals surface area contributed by atoms with Gasteiger partial charge in [0.05, 0.1) is 18.0 Å². The number of ether oxygens (including phenoxy) is 1. The van der Waals surface area contributed by atoms with Crippen LogP contribution >= 0.6 is 0 Å². The first-order chi connectivity index (χ1) is 12.4. The number of nitrogens with one attached hydrogen (secondary N) is 1. The van der Waals surface area contributed by atoms with Gasteiger partial charge >= 0.3 is 6.01 Å². The maximum Gasteiger partial charge on any atom is 0.316 e. The van der Waals surface area contributed by atoms with Gasteiger partial charge < -0.3 is 4.74 Å². The molecule has 1 atom stereocenters. The number of benzene rings is 1. The summed E-state index contributed by atoms with van der Waals surface area (Å²) in [5.41, 5.74) is 1.15. The molecule has 0 amide bonds. The number of methoxy groups -OCH3 is 1. The molecule has 0 aliphatic rings. The third-order valence-electron chi connectivity index (χ3n) is 4.27. The molecule has 2 aromatic rings. The van der Waals surface area contributed by atoms with Crippen LogP contribution in [-0.2, 0) is 23.0 Å². The lowest BCUT2D eigenvalue weighted by Gasteiger charge is -2.15. The Labute approximate surface area is 155 Å². The highest BCUT2D eigenvalue weighted by atomic mass is 32.2. The molecule has 0 fully saturated rings. The van der Waals surface area contributed by atoms with Crippen LogP contribution in [0.4, 0.5) is 0 Å². The fourth-order valence-corrected chi connectivity index (χ4v) is 4.04. The summed E-state index contributed by atoms with van der Waals surface area (Å²) in [6.45, 7) is 6.42. The van der Waals surface area contributed by atoms with Crippen LogP contribution in [0, 0.1) is 0 Å². The molecule has 26 heavy (non-hydrogen) atoms. The van der Waals surface area contributed by atoms with Crippen LogP contribution in [-0.4, -0.2) is 30.3 Å². The van der Waals surface area contributed by atoms with E-state index in [4.69, 9.17) is 4.74 Å². The Balaban J connectivity index is 2.11. The Morgan fingerprint density at radius 1 is 1.15 bits per heavy atom. The van der Waals surface area contributed by atoms with Gasteiger partial charge in [-0.2, -0.15) is 0 Å². The van der Waals surface area contributed by atoms with Gasteiger partial charge in [-0.3, -0.25) is 4.57 Å². The van der Waals surface area contributed by atoms with Crippen molar-refractivity contribution in [3.8, 4) is 6.01 Å². The molecule has 0 radical (unpaired) electrons. The maximum absolute atomic E-state index is 12.7. The van der Waals surface area contributed by atoms with Crippen molar-refractivity contribution in [3.05, 3.63) is 35.7 Å². The standard InChI is InChI=1S/C18H28N4O3S/c1-5-7-8-9-15-10-12-16(13-11-15)26(23,24)21-14(3)17-19-20-18(25-4)22(17)6-2/h10-14,21H,5-9H2,1-4H3/t14-/m1/s1. The van der Waals surface area contributed by atoms with Crippen LogP contribution in [0.1, 0.15) is 57.5 Å². The zero-order valence-corrected chi connectivity index (χ0v) is 16.7. The quantitative estimate of drug-likeness (QED) is 0.640.